The van der Waals surface area contributed by atoms with Crippen molar-refractivity contribution in [1.29, 1.82) is 0 Å². The first-order valence-corrected chi connectivity index (χ1v) is 9.02. The predicted molar refractivity (Wildman–Crippen MR) is 92.9 cm³/mol. The highest BCUT2D eigenvalue weighted by Crippen LogP contribution is 2.25. The Morgan fingerprint density at radius 1 is 0.714 bits per heavy atom. The molecule has 0 spiro atoms. The molecule has 2 heteroatoms. The minimum Gasteiger partial charge on any atom is -0.384 e. The zero-order valence-corrected chi connectivity index (χ0v) is 15.4. The Bertz CT molecular complexity index is 208. The maximum Gasteiger partial charge on any atom is 0.0538 e. The largest absolute Gasteiger partial charge is 0.384 e. The van der Waals surface area contributed by atoms with Crippen molar-refractivity contribution in [3.05, 3.63) is 0 Å². The van der Waals surface area contributed by atoms with Crippen LogP contribution >= 0.6 is 0 Å². The first-order chi connectivity index (χ1) is 10.0. The summed E-state index contributed by atoms with van der Waals surface area (Å²) in [5.41, 5.74) is 0.195. The van der Waals surface area contributed by atoms with E-state index in [1.165, 1.54) is 64.2 Å². The summed E-state index contributed by atoms with van der Waals surface area (Å²) >= 11 is 0. The maximum absolute atomic E-state index is 5.33. The molecule has 0 aromatic carbocycles. The van der Waals surface area contributed by atoms with Gasteiger partial charge in [-0.25, -0.2) is 0 Å². The average molecular weight is 301 g/mol. The zero-order valence-electron chi connectivity index (χ0n) is 15.4. The fourth-order valence-corrected chi connectivity index (χ4v) is 3.05. The molecule has 0 rings (SSSR count). The van der Waals surface area contributed by atoms with Crippen molar-refractivity contribution in [2.45, 2.75) is 85.0 Å². The van der Waals surface area contributed by atoms with Crippen LogP contribution in [0.15, 0.2) is 0 Å². The Morgan fingerprint density at radius 2 is 1.14 bits per heavy atom. The van der Waals surface area contributed by atoms with Gasteiger partial charge in [0.1, 0.15) is 0 Å². The van der Waals surface area contributed by atoms with Gasteiger partial charge in [0.15, 0.2) is 0 Å². The molecule has 0 bridgehead atoms. The van der Waals surface area contributed by atoms with Gasteiger partial charge >= 0.3 is 0 Å². The van der Waals surface area contributed by atoms with Crippen LogP contribution in [-0.4, -0.2) is 27.4 Å². The second-order valence-corrected chi connectivity index (χ2v) is 7.44. The number of unbranched alkanes of at least 4 members (excludes halogenated alkanes) is 7. The maximum atomic E-state index is 5.33. The predicted octanol–water partition coefficient (Wildman–Crippen LogP) is 5.84. The van der Waals surface area contributed by atoms with Crippen LogP contribution in [0.5, 0.6) is 0 Å². The first kappa shape index (κ1) is 20.9. The summed E-state index contributed by atoms with van der Waals surface area (Å²) in [4.78, 5) is 0. The summed E-state index contributed by atoms with van der Waals surface area (Å²) in [5, 5.41) is 0. The first-order valence-electron chi connectivity index (χ1n) is 9.02. The Hall–Kier alpha value is -0.0800. The van der Waals surface area contributed by atoms with E-state index in [9.17, 15) is 0 Å². The summed E-state index contributed by atoms with van der Waals surface area (Å²) in [6, 6.07) is 0. The van der Waals surface area contributed by atoms with Crippen LogP contribution < -0.4 is 0 Å². The summed E-state index contributed by atoms with van der Waals surface area (Å²) < 4.78 is 10.7. The van der Waals surface area contributed by atoms with Gasteiger partial charge in [0, 0.05) is 19.6 Å². The smallest absolute Gasteiger partial charge is 0.0538 e. The monoisotopic (exact) mass is 300 g/mol. The van der Waals surface area contributed by atoms with E-state index in [2.05, 4.69) is 20.8 Å². The van der Waals surface area contributed by atoms with Crippen molar-refractivity contribution in [3.8, 4) is 0 Å². The lowest BCUT2D eigenvalue weighted by atomic mass is 9.86. The molecule has 0 aromatic heterocycles. The number of hydrogen-bond acceptors (Lipinski definition) is 2. The molecule has 0 atom stereocenters. The summed E-state index contributed by atoms with van der Waals surface area (Å²) in [6.07, 6.45) is 13.8. The minimum atomic E-state index is 0.195. The summed E-state index contributed by atoms with van der Waals surface area (Å²) in [6.45, 7) is 8.52. The zero-order chi connectivity index (χ0) is 16.0. The normalized spacial score (nSPS) is 12.3. The fourth-order valence-electron chi connectivity index (χ4n) is 3.05. The molecule has 0 aromatic rings. The lowest BCUT2D eigenvalue weighted by Crippen LogP contribution is -2.28. The molecule has 0 heterocycles. The number of hydrogen-bond donors (Lipinski definition) is 0. The van der Waals surface area contributed by atoms with Crippen molar-refractivity contribution in [2.24, 2.45) is 11.3 Å². The highest BCUT2D eigenvalue weighted by atomic mass is 16.5. The van der Waals surface area contributed by atoms with E-state index in [0.29, 0.717) is 0 Å². The third kappa shape index (κ3) is 13.3. The second kappa shape index (κ2) is 13.6. The Labute approximate surface area is 134 Å². The van der Waals surface area contributed by atoms with Gasteiger partial charge in [-0.05, 0) is 12.3 Å². The van der Waals surface area contributed by atoms with Gasteiger partial charge in [-0.15, -0.1) is 0 Å². The third-order valence-electron chi connectivity index (χ3n) is 4.30. The Balaban J connectivity index is 3.41. The molecule has 0 aliphatic heterocycles. The molecule has 0 aliphatic rings. The van der Waals surface area contributed by atoms with Crippen LogP contribution in [0.25, 0.3) is 0 Å². The standard InChI is InChI=1S/C19H40O2/c1-18(2)14-12-10-8-6-7-9-11-13-15-19(3,16-20-4)17-21-5/h18H,6-17H2,1-5H3. The van der Waals surface area contributed by atoms with Gasteiger partial charge in [-0.1, -0.05) is 78.6 Å². The van der Waals surface area contributed by atoms with E-state index in [4.69, 9.17) is 9.47 Å². The molecule has 0 unspecified atom stereocenters. The van der Waals surface area contributed by atoms with Crippen LogP contribution in [0.4, 0.5) is 0 Å². The van der Waals surface area contributed by atoms with E-state index in [1.807, 2.05) is 0 Å². The van der Waals surface area contributed by atoms with Crippen LogP contribution in [0.3, 0.4) is 0 Å². The van der Waals surface area contributed by atoms with Crippen LogP contribution in [-0.2, 0) is 9.47 Å². The Kier molecular flexibility index (Phi) is 13.5. The van der Waals surface area contributed by atoms with E-state index < -0.39 is 0 Å². The molecular formula is C19H40O2. The van der Waals surface area contributed by atoms with Crippen molar-refractivity contribution >= 4 is 0 Å². The van der Waals surface area contributed by atoms with Crippen molar-refractivity contribution < 1.29 is 9.47 Å². The molecule has 2 nitrogen and oxygen atoms in total. The van der Waals surface area contributed by atoms with Gasteiger partial charge in [-0.3, -0.25) is 0 Å². The number of methoxy groups -OCH3 is 2. The third-order valence-corrected chi connectivity index (χ3v) is 4.30. The molecule has 0 saturated carbocycles. The van der Waals surface area contributed by atoms with Gasteiger partial charge < -0.3 is 9.47 Å². The van der Waals surface area contributed by atoms with E-state index in [-0.39, 0.29) is 5.41 Å². The molecule has 0 radical (unpaired) electrons. The lowest BCUT2D eigenvalue weighted by molar-refractivity contribution is 0.0151. The molecule has 128 valence electrons. The molecule has 0 amide bonds. The number of rotatable bonds is 15. The van der Waals surface area contributed by atoms with Gasteiger partial charge in [0.05, 0.1) is 13.2 Å². The van der Waals surface area contributed by atoms with E-state index in [1.54, 1.807) is 14.2 Å². The second-order valence-electron chi connectivity index (χ2n) is 7.44. The van der Waals surface area contributed by atoms with Crippen LogP contribution in [0, 0.1) is 11.3 Å². The summed E-state index contributed by atoms with van der Waals surface area (Å²) in [7, 11) is 3.57. The molecule has 0 N–H and O–H groups in total. The van der Waals surface area contributed by atoms with Crippen molar-refractivity contribution in [3.63, 3.8) is 0 Å². The minimum absolute atomic E-state index is 0.195. The van der Waals surface area contributed by atoms with Crippen LogP contribution in [0.2, 0.25) is 0 Å². The SMILES string of the molecule is COCC(C)(CCCCCCCCCCC(C)C)COC. The number of ether oxygens (including phenoxy) is 2. The van der Waals surface area contributed by atoms with E-state index >= 15 is 0 Å². The quantitative estimate of drug-likeness (QED) is 0.354. The average Bonchev–Trinajstić information content (AvgIpc) is 2.41. The molecular weight excluding hydrogens is 260 g/mol. The molecule has 0 aliphatic carbocycles. The topological polar surface area (TPSA) is 18.5 Å². The molecule has 21 heavy (non-hydrogen) atoms. The highest BCUT2D eigenvalue weighted by Gasteiger charge is 2.23. The summed E-state index contributed by atoms with van der Waals surface area (Å²) in [5.74, 6) is 0.874. The van der Waals surface area contributed by atoms with Gasteiger partial charge in [0.25, 0.3) is 0 Å². The highest BCUT2D eigenvalue weighted by molar-refractivity contribution is 4.73. The van der Waals surface area contributed by atoms with E-state index in [0.717, 1.165) is 19.1 Å². The fraction of sp³-hybridized carbons (Fsp3) is 1.00. The molecule has 0 fully saturated rings. The van der Waals surface area contributed by atoms with Gasteiger partial charge in [0.2, 0.25) is 0 Å². The van der Waals surface area contributed by atoms with Crippen molar-refractivity contribution in [2.75, 3.05) is 27.4 Å². The van der Waals surface area contributed by atoms with Crippen LogP contribution in [0.1, 0.15) is 85.0 Å². The van der Waals surface area contributed by atoms with Gasteiger partial charge in [-0.2, -0.15) is 0 Å². The van der Waals surface area contributed by atoms with Crippen molar-refractivity contribution in [1.82, 2.24) is 0 Å². The lowest BCUT2D eigenvalue weighted by Gasteiger charge is -2.27. The molecule has 0 saturated heterocycles. The Morgan fingerprint density at radius 3 is 1.57 bits per heavy atom.